The second kappa shape index (κ2) is 7.70. The van der Waals surface area contributed by atoms with Gasteiger partial charge in [-0.1, -0.05) is 0 Å². The van der Waals surface area contributed by atoms with E-state index in [4.69, 9.17) is 4.74 Å². The predicted octanol–water partition coefficient (Wildman–Crippen LogP) is 2.46. The van der Waals surface area contributed by atoms with Crippen LogP contribution in [0.4, 0.5) is 8.78 Å². The lowest BCUT2D eigenvalue weighted by atomic mass is 9.72. The van der Waals surface area contributed by atoms with Gasteiger partial charge in [0, 0.05) is 45.3 Å². The summed E-state index contributed by atoms with van der Waals surface area (Å²) in [7, 11) is 1.62. The Labute approximate surface area is 151 Å². The molecular formula is C19H24F2N2O3. The van der Waals surface area contributed by atoms with Crippen molar-refractivity contribution in [3.05, 3.63) is 35.4 Å². The quantitative estimate of drug-likeness (QED) is 0.823. The van der Waals surface area contributed by atoms with Crippen LogP contribution in [0.3, 0.4) is 0 Å². The molecule has 0 N–H and O–H groups in total. The van der Waals surface area contributed by atoms with Crippen LogP contribution in [0.5, 0.6) is 0 Å². The molecule has 0 unspecified atom stereocenters. The van der Waals surface area contributed by atoms with Gasteiger partial charge in [-0.25, -0.2) is 8.78 Å². The van der Waals surface area contributed by atoms with Crippen LogP contribution in [0.2, 0.25) is 0 Å². The number of nitrogens with zero attached hydrogens (tertiary/aromatic N) is 2. The van der Waals surface area contributed by atoms with Gasteiger partial charge in [0.1, 0.15) is 0 Å². The van der Waals surface area contributed by atoms with Crippen molar-refractivity contribution in [3.8, 4) is 0 Å². The molecule has 142 valence electrons. The molecule has 0 saturated carbocycles. The largest absolute Gasteiger partial charge is 0.383 e. The first-order valence-electron chi connectivity index (χ1n) is 8.95. The number of ether oxygens (including phenoxy) is 1. The monoisotopic (exact) mass is 366 g/mol. The zero-order chi connectivity index (χ0) is 18.7. The van der Waals surface area contributed by atoms with E-state index >= 15 is 0 Å². The highest BCUT2D eigenvalue weighted by atomic mass is 19.2. The number of carbonyl (C=O) groups excluding carboxylic acids is 2. The highest BCUT2D eigenvalue weighted by Gasteiger charge is 2.41. The molecule has 2 amide bonds. The van der Waals surface area contributed by atoms with Crippen LogP contribution in [0.15, 0.2) is 18.2 Å². The van der Waals surface area contributed by atoms with Gasteiger partial charge in [-0.05, 0) is 42.9 Å². The Morgan fingerprint density at radius 2 is 1.92 bits per heavy atom. The van der Waals surface area contributed by atoms with E-state index in [1.807, 2.05) is 4.90 Å². The first-order valence-corrected chi connectivity index (χ1v) is 8.95. The number of methoxy groups -OCH3 is 1. The highest BCUT2D eigenvalue weighted by Crippen LogP contribution is 2.40. The lowest BCUT2D eigenvalue weighted by Gasteiger charge is -2.47. The molecule has 3 rings (SSSR count). The first-order chi connectivity index (χ1) is 12.4. The molecule has 0 radical (unpaired) electrons. The van der Waals surface area contributed by atoms with Gasteiger partial charge in [0.15, 0.2) is 11.6 Å². The number of rotatable bonds is 4. The van der Waals surface area contributed by atoms with Gasteiger partial charge in [0.2, 0.25) is 5.91 Å². The number of benzene rings is 1. The van der Waals surface area contributed by atoms with Crippen molar-refractivity contribution in [1.29, 1.82) is 0 Å². The molecule has 2 heterocycles. The number of piperidine rings is 2. The summed E-state index contributed by atoms with van der Waals surface area (Å²) >= 11 is 0. The first kappa shape index (κ1) is 18.8. The second-order valence-electron chi connectivity index (χ2n) is 7.23. The van der Waals surface area contributed by atoms with Crippen molar-refractivity contribution >= 4 is 11.8 Å². The minimum absolute atomic E-state index is 0.0342. The van der Waals surface area contributed by atoms with E-state index in [0.717, 1.165) is 31.4 Å². The predicted molar refractivity (Wildman–Crippen MR) is 91.6 cm³/mol. The molecule has 26 heavy (non-hydrogen) atoms. The van der Waals surface area contributed by atoms with Crippen molar-refractivity contribution < 1.29 is 23.1 Å². The van der Waals surface area contributed by atoms with Gasteiger partial charge < -0.3 is 14.5 Å². The molecule has 1 aromatic rings. The average molecular weight is 366 g/mol. The summed E-state index contributed by atoms with van der Waals surface area (Å²) in [5.41, 5.74) is 0.201. The lowest BCUT2D eigenvalue weighted by molar-refractivity contribution is -0.139. The van der Waals surface area contributed by atoms with Gasteiger partial charge in [0.25, 0.3) is 5.91 Å². The van der Waals surface area contributed by atoms with Crippen LogP contribution in [0.1, 0.15) is 36.0 Å². The zero-order valence-electron chi connectivity index (χ0n) is 15.0. The van der Waals surface area contributed by atoms with Crippen molar-refractivity contribution in [2.24, 2.45) is 5.41 Å². The third-order valence-corrected chi connectivity index (χ3v) is 5.59. The summed E-state index contributed by atoms with van der Waals surface area (Å²) in [4.78, 5) is 28.2. The summed E-state index contributed by atoms with van der Waals surface area (Å²) < 4.78 is 31.5. The normalized spacial score (nSPS) is 19.9. The molecule has 7 heteroatoms. The number of carbonyl (C=O) groups is 2. The maximum atomic E-state index is 13.4. The van der Waals surface area contributed by atoms with E-state index in [1.165, 1.54) is 6.07 Å². The Balaban J connectivity index is 1.62. The van der Waals surface area contributed by atoms with E-state index in [-0.39, 0.29) is 22.8 Å². The fourth-order valence-electron chi connectivity index (χ4n) is 3.91. The fraction of sp³-hybridized carbons (Fsp3) is 0.579. The Morgan fingerprint density at radius 1 is 1.19 bits per heavy atom. The zero-order valence-corrected chi connectivity index (χ0v) is 15.0. The minimum atomic E-state index is -1.01. The fourth-order valence-corrected chi connectivity index (χ4v) is 3.91. The topological polar surface area (TPSA) is 49.9 Å². The van der Waals surface area contributed by atoms with Crippen LogP contribution < -0.4 is 0 Å². The number of hydrogen-bond donors (Lipinski definition) is 0. The minimum Gasteiger partial charge on any atom is -0.383 e. The Bertz CT molecular complexity index is 687. The molecule has 2 aliphatic heterocycles. The summed E-state index contributed by atoms with van der Waals surface area (Å²) in [6.45, 7) is 2.92. The van der Waals surface area contributed by atoms with Gasteiger partial charge in [0.05, 0.1) is 6.61 Å². The number of halogens is 2. The standard InChI is InChI=1S/C19H24F2N2O3/c1-26-11-10-23-13-19(5-4-17(23)24)6-8-22(9-7-19)18(25)14-2-3-15(20)16(21)12-14/h2-3,12H,4-11,13H2,1H3. The van der Waals surface area contributed by atoms with Crippen molar-refractivity contribution in [2.75, 3.05) is 39.9 Å². The van der Waals surface area contributed by atoms with Crippen LogP contribution >= 0.6 is 0 Å². The van der Waals surface area contributed by atoms with Gasteiger partial charge >= 0.3 is 0 Å². The molecule has 1 spiro atoms. The maximum absolute atomic E-state index is 13.4. The molecular weight excluding hydrogens is 342 g/mol. The Kier molecular flexibility index (Phi) is 5.55. The summed E-state index contributed by atoms with van der Waals surface area (Å²) in [5.74, 6) is -2.08. The molecule has 2 fully saturated rings. The SMILES string of the molecule is COCCN1CC2(CCC1=O)CCN(C(=O)c1ccc(F)c(F)c1)CC2. The van der Waals surface area contributed by atoms with Crippen LogP contribution in [0.25, 0.3) is 0 Å². The smallest absolute Gasteiger partial charge is 0.253 e. The Morgan fingerprint density at radius 3 is 2.58 bits per heavy atom. The van der Waals surface area contributed by atoms with E-state index in [2.05, 4.69) is 0 Å². The molecule has 0 atom stereocenters. The molecule has 1 aromatic carbocycles. The summed E-state index contributed by atoms with van der Waals surface area (Å²) in [5, 5.41) is 0. The van der Waals surface area contributed by atoms with Crippen LogP contribution in [-0.2, 0) is 9.53 Å². The van der Waals surface area contributed by atoms with Crippen LogP contribution in [0, 0.1) is 17.0 Å². The summed E-state index contributed by atoms with van der Waals surface area (Å²) in [6, 6.07) is 3.25. The van der Waals surface area contributed by atoms with Crippen molar-refractivity contribution in [3.63, 3.8) is 0 Å². The third-order valence-electron chi connectivity index (χ3n) is 5.59. The Hall–Kier alpha value is -2.02. The molecule has 2 aliphatic rings. The van der Waals surface area contributed by atoms with E-state index in [0.29, 0.717) is 39.2 Å². The molecule has 2 saturated heterocycles. The summed E-state index contributed by atoms with van der Waals surface area (Å²) in [6.07, 6.45) is 2.97. The molecule has 5 nitrogen and oxygen atoms in total. The second-order valence-corrected chi connectivity index (χ2v) is 7.23. The third kappa shape index (κ3) is 3.87. The van der Waals surface area contributed by atoms with E-state index < -0.39 is 11.6 Å². The molecule has 0 aromatic heterocycles. The average Bonchev–Trinajstić information content (AvgIpc) is 2.65. The number of hydrogen-bond acceptors (Lipinski definition) is 3. The molecule has 0 bridgehead atoms. The van der Waals surface area contributed by atoms with Crippen molar-refractivity contribution in [1.82, 2.24) is 9.80 Å². The highest BCUT2D eigenvalue weighted by molar-refractivity contribution is 5.94. The van der Waals surface area contributed by atoms with Crippen LogP contribution in [-0.4, -0.2) is 61.5 Å². The van der Waals surface area contributed by atoms with Gasteiger partial charge in [-0.3, -0.25) is 9.59 Å². The maximum Gasteiger partial charge on any atom is 0.253 e. The number of likely N-dealkylation sites (tertiary alicyclic amines) is 2. The van der Waals surface area contributed by atoms with Gasteiger partial charge in [-0.15, -0.1) is 0 Å². The number of amides is 2. The van der Waals surface area contributed by atoms with E-state index in [1.54, 1.807) is 12.0 Å². The van der Waals surface area contributed by atoms with E-state index in [9.17, 15) is 18.4 Å². The molecule has 0 aliphatic carbocycles. The van der Waals surface area contributed by atoms with Gasteiger partial charge in [-0.2, -0.15) is 0 Å². The van der Waals surface area contributed by atoms with Crippen molar-refractivity contribution in [2.45, 2.75) is 25.7 Å². The lowest BCUT2D eigenvalue weighted by Crippen LogP contribution is -2.52.